The van der Waals surface area contributed by atoms with E-state index in [1.807, 2.05) is 31.2 Å². The van der Waals surface area contributed by atoms with Gasteiger partial charge in [0.15, 0.2) is 0 Å². The molecule has 16 heavy (non-hydrogen) atoms. The largest absolute Gasteiger partial charge is 0.354 e. The van der Waals surface area contributed by atoms with Gasteiger partial charge in [-0.05, 0) is 19.2 Å². The Morgan fingerprint density at radius 2 is 2.31 bits per heavy atom. The summed E-state index contributed by atoms with van der Waals surface area (Å²) in [5.74, 6) is 3.48. The molecule has 1 saturated heterocycles. The third-order valence-electron chi connectivity index (χ3n) is 2.58. The fraction of sp³-hybridized carbons (Fsp3) is 0.636. The van der Waals surface area contributed by atoms with Gasteiger partial charge < -0.3 is 10.2 Å². The van der Waals surface area contributed by atoms with E-state index in [2.05, 4.69) is 20.2 Å². The van der Waals surface area contributed by atoms with Crippen molar-refractivity contribution in [2.45, 2.75) is 13.0 Å². The average molecular weight is 238 g/mol. The van der Waals surface area contributed by atoms with Crippen molar-refractivity contribution in [2.75, 3.05) is 36.5 Å². The number of aromatic nitrogens is 2. The number of nitrogens with one attached hydrogen (secondary N) is 1. The minimum absolute atomic E-state index is 0.781. The Hall–Kier alpha value is -0.810. The first-order valence-electron chi connectivity index (χ1n) is 5.68. The summed E-state index contributed by atoms with van der Waals surface area (Å²) in [4.78, 5) is 11.2. The van der Waals surface area contributed by atoms with Gasteiger partial charge in [0.1, 0.15) is 5.82 Å². The summed E-state index contributed by atoms with van der Waals surface area (Å²) in [5.41, 5.74) is 1.01. The molecule has 1 aromatic rings. The van der Waals surface area contributed by atoms with Crippen LogP contribution in [0.25, 0.3) is 0 Å². The second kappa shape index (κ2) is 6.06. The van der Waals surface area contributed by atoms with Crippen LogP contribution < -0.4 is 10.2 Å². The highest BCUT2D eigenvalue weighted by Crippen LogP contribution is 2.16. The molecule has 1 fully saturated rings. The van der Waals surface area contributed by atoms with Crippen molar-refractivity contribution in [3.05, 3.63) is 18.1 Å². The maximum absolute atomic E-state index is 4.62. The quantitative estimate of drug-likeness (QED) is 0.855. The first-order chi connectivity index (χ1) is 7.90. The van der Waals surface area contributed by atoms with Gasteiger partial charge in [-0.25, -0.2) is 4.98 Å². The lowest BCUT2D eigenvalue weighted by Gasteiger charge is -2.20. The van der Waals surface area contributed by atoms with Gasteiger partial charge in [-0.1, -0.05) is 0 Å². The third kappa shape index (κ3) is 3.09. The normalized spacial score (nSPS) is 17.2. The molecular weight excluding hydrogens is 220 g/mol. The van der Waals surface area contributed by atoms with E-state index < -0.39 is 0 Å². The molecule has 88 valence electrons. The van der Waals surface area contributed by atoms with E-state index in [1.165, 1.54) is 17.9 Å². The molecule has 2 rings (SSSR count). The molecule has 2 heterocycles. The van der Waals surface area contributed by atoms with E-state index in [-0.39, 0.29) is 0 Å². The topological polar surface area (TPSA) is 41.1 Å². The van der Waals surface area contributed by atoms with Crippen molar-refractivity contribution >= 4 is 17.6 Å². The second-order valence-corrected chi connectivity index (χ2v) is 5.08. The van der Waals surface area contributed by atoms with Crippen LogP contribution in [0, 0.1) is 0 Å². The molecule has 1 aliphatic rings. The summed E-state index contributed by atoms with van der Waals surface area (Å²) < 4.78 is 0. The molecular formula is C11H18N4S. The highest BCUT2D eigenvalue weighted by molar-refractivity contribution is 7.99. The van der Waals surface area contributed by atoms with E-state index in [4.69, 9.17) is 0 Å². The number of anilines is 1. The molecule has 5 heteroatoms. The van der Waals surface area contributed by atoms with Crippen LogP contribution in [-0.4, -0.2) is 41.6 Å². The van der Waals surface area contributed by atoms with Crippen LogP contribution >= 0.6 is 11.8 Å². The maximum atomic E-state index is 4.62. The van der Waals surface area contributed by atoms with Crippen LogP contribution in [0.2, 0.25) is 0 Å². The molecule has 0 radical (unpaired) electrons. The Kier molecular flexibility index (Phi) is 4.42. The molecule has 0 bridgehead atoms. The first-order valence-corrected chi connectivity index (χ1v) is 6.84. The molecule has 0 spiro atoms. The number of nitrogens with zero attached hydrogens (tertiary/aromatic N) is 3. The third-order valence-corrected chi connectivity index (χ3v) is 3.62. The van der Waals surface area contributed by atoms with Gasteiger partial charge in [0.05, 0.1) is 11.9 Å². The fourth-order valence-electron chi connectivity index (χ4n) is 1.79. The zero-order valence-corrected chi connectivity index (χ0v) is 10.5. The molecule has 0 atom stereocenters. The van der Waals surface area contributed by atoms with Crippen LogP contribution in [0.3, 0.4) is 0 Å². The number of hydrogen-bond donors (Lipinski definition) is 1. The smallest absolute Gasteiger partial charge is 0.147 e. The summed E-state index contributed by atoms with van der Waals surface area (Å²) >= 11 is 2.03. The molecule has 0 saturated carbocycles. The SMILES string of the molecule is CNCc1cncc(N2CCCSCC2)n1. The van der Waals surface area contributed by atoms with Crippen molar-refractivity contribution < 1.29 is 0 Å². The van der Waals surface area contributed by atoms with E-state index in [0.717, 1.165) is 31.1 Å². The monoisotopic (exact) mass is 238 g/mol. The fourth-order valence-corrected chi connectivity index (χ4v) is 2.68. The zero-order chi connectivity index (χ0) is 11.2. The molecule has 0 aromatic carbocycles. The minimum atomic E-state index is 0.781. The lowest BCUT2D eigenvalue weighted by molar-refractivity contribution is 0.758. The summed E-state index contributed by atoms with van der Waals surface area (Å²) in [5, 5.41) is 3.10. The standard InChI is InChI=1S/C11H18N4S/c1-12-7-10-8-13-9-11(14-10)15-3-2-5-16-6-4-15/h8-9,12H,2-7H2,1H3. The Labute approximate surface area is 101 Å². The highest BCUT2D eigenvalue weighted by atomic mass is 32.2. The van der Waals surface area contributed by atoms with Gasteiger partial charge in [-0.2, -0.15) is 11.8 Å². The van der Waals surface area contributed by atoms with Gasteiger partial charge in [0.2, 0.25) is 0 Å². The van der Waals surface area contributed by atoms with Crippen molar-refractivity contribution in [3.8, 4) is 0 Å². The number of hydrogen-bond acceptors (Lipinski definition) is 5. The average Bonchev–Trinajstić information content (AvgIpc) is 2.58. The molecule has 1 aliphatic heterocycles. The predicted octanol–water partition coefficient (Wildman–Crippen LogP) is 1.14. The summed E-state index contributed by atoms with van der Waals surface area (Å²) in [7, 11) is 1.93. The lowest BCUT2D eigenvalue weighted by atomic mass is 10.4. The van der Waals surface area contributed by atoms with Crippen LogP contribution in [-0.2, 0) is 6.54 Å². The maximum Gasteiger partial charge on any atom is 0.147 e. The Morgan fingerprint density at radius 3 is 3.19 bits per heavy atom. The van der Waals surface area contributed by atoms with Crippen LogP contribution in [0.5, 0.6) is 0 Å². The first kappa shape index (κ1) is 11.7. The predicted molar refractivity (Wildman–Crippen MR) is 69.0 cm³/mol. The summed E-state index contributed by atoms with van der Waals surface area (Å²) in [6.07, 6.45) is 4.93. The minimum Gasteiger partial charge on any atom is -0.354 e. The number of thioether (sulfide) groups is 1. The lowest BCUT2D eigenvalue weighted by Crippen LogP contribution is -2.27. The zero-order valence-electron chi connectivity index (χ0n) is 9.65. The van der Waals surface area contributed by atoms with E-state index in [1.54, 1.807) is 0 Å². The Morgan fingerprint density at radius 1 is 1.38 bits per heavy atom. The van der Waals surface area contributed by atoms with Crippen molar-refractivity contribution in [1.82, 2.24) is 15.3 Å². The van der Waals surface area contributed by atoms with E-state index >= 15 is 0 Å². The Balaban J connectivity index is 2.08. The van der Waals surface area contributed by atoms with Gasteiger partial charge in [0, 0.05) is 31.6 Å². The van der Waals surface area contributed by atoms with Gasteiger partial charge >= 0.3 is 0 Å². The molecule has 0 aliphatic carbocycles. The molecule has 1 N–H and O–H groups in total. The van der Waals surface area contributed by atoms with Crippen LogP contribution in [0.15, 0.2) is 12.4 Å². The highest BCUT2D eigenvalue weighted by Gasteiger charge is 2.11. The van der Waals surface area contributed by atoms with Crippen molar-refractivity contribution in [3.63, 3.8) is 0 Å². The summed E-state index contributed by atoms with van der Waals surface area (Å²) in [6, 6.07) is 0. The molecule has 1 aromatic heterocycles. The van der Waals surface area contributed by atoms with Gasteiger partial charge in [-0.15, -0.1) is 0 Å². The van der Waals surface area contributed by atoms with Crippen LogP contribution in [0.4, 0.5) is 5.82 Å². The van der Waals surface area contributed by atoms with Crippen molar-refractivity contribution in [1.29, 1.82) is 0 Å². The van der Waals surface area contributed by atoms with Crippen molar-refractivity contribution in [2.24, 2.45) is 0 Å². The molecule has 0 amide bonds. The van der Waals surface area contributed by atoms with E-state index in [9.17, 15) is 0 Å². The van der Waals surface area contributed by atoms with Gasteiger partial charge in [-0.3, -0.25) is 4.98 Å². The van der Waals surface area contributed by atoms with E-state index in [0.29, 0.717) is 0 Å². The molecule has 4 nitrogen and oxygen atoms in total. The van der Waals surface area contributed by atoms with Crippen LogP contribution in [0.1, 0.15) is 12.1 Å². The molecule has 0 unspecified atom stereocenters. The summed E-state index contributed by atoms with van der Waals surface area (Å²) in [6.45, 7) is 2.97. The second-order valence-electron chi connectivity index (χ2n) is 3.85. The number of rotatable bonds is 3. The Bertz CT molecular complexity index is 324. The van der Waals surface area contributed by atoms with Gasteiger partial charge in [0.25, 0.3) is 0 Å².